The zero-order chi connectivity index (χ0) is 11.7. The third kappa shape index (κ3) is 1.80. The molecular formula is C11H11ClO4. The Balaban J connectivity index is 2.52. The molecule has 16 heavy (non-hydrogen) atoms. The van der Waals surface area contributed by atoms with Crippen LogP contribution in [0.15, 0.2) is 6.07 Å². The van der Waals surface area contributed by atoms with Crippen LogP contribution < -0.4 is 9.47 Å². The number of carboxylic acids is 1. The van der Waals surface area contributed by atoms with Gasteiger partial charge in [0.25, 0.3) is 0 Å². The van der Waals surface area contributed by atoms with Crippen molar-refractivity contribution in [2.24, 2.45) is 0 Å². The van der Waals surface area contributed by atoms with Crippen LogP contribution in [0, 0.1) is 0 Å². The van der Waals surface area contributed by atoms with E-state index in [1.54, 1.807) is 6.07 Å². The Labute approximate surface area is 97.7 Å². The van der Waals surface area contributed by atoms with Crippen LogP contribution in [0.4, 0.5) is 0 Å². The minimum atomic E-state index is -0.885. The summed E-state index contributed by atoms with van der Waals surface area (Å²) in [5, 5.41) is 9.28. The molecule has 0 amide bonds. The van der Waals surface area contributed by atoms with Gasteiger partial charge in [-0.3, -0.25) is 4.79 Å². The number of hydrogen-bond acceptors (Lipinski definition) is 3. The average Bonchev–Trinajstić information content (AvgIpc) is 2.65. The molecule has 4 nitrogen and oxygen atoms in total. The maximum atomic E-state index is 10.7. The lowest BCUT2D eigenvalue weighted by Crippen LogP contribution is -2.04. The van der Waals surface area contributed by atoms with Gasteiger partial charge < -0.3 is 14.6 Å². The van der Waals surface area contributed by atoms with Gasteiger partial charge in [0.05, 0.1) is 11.4 Å². The van der Waals surface area contributed by atoms with Gasteiger partial charge in [0.15, 0.2) is 11.5 Å². The van der Waals surface area contributed by atoms with Gasteiger partial charge in [-0.05, 0) is 23.6 Å². The van der Waals surface area contributed by atoms with E-state index in [1.807, 2.05) is 6.92 Å². The molecule has 0 radical (unpaired) electrons. The maximum absolute atomic E-state index is 10.7. The number of benzene rings is 1. The molecule has 1 aliphatic rings. The van der Waals surface area contributed by atoms with Crippen LogP contribution in [0.1, 0.15) is 18.1 Å². The fraction of sp³-hybridized carbons (Fsp3) is 0.364. The van der Waals surface area contributed by atoms with Crippen LogP contribution in [0.2, 0.25) is 5.02 Å². The van der Waals surface area contributed by atoms with Gasteiger partial charge in [0.2, 0.25) is 6.79 Å². The van der Waals surface area contributed by atoms with Crippen LogP contribution in [0.3, 0.4) is 0 Å². The molecule has 5 heteroatoms. The summed E-state index contributed by atoms with van der Waals surface area (Å²) in [4.78, 5) is 10.7. The zero-order valence-electron chi connectivity index (χ0n) is 8.75. The predicted molar refractivity (Wildman–Crippen MR) is 58.3 cm³/mol. The lowest BCUT2D eigenvalue weighted by molar-refractivity contribution is -0.136. The average molecular weight is 243 g/mol. The molecule has 0 aromatic heterocycles. The summed E-state index contributed by atoms with van der Waals surface area (Å²) in [5.41, 5.74) is 1.50. The molecule has 1 heterocycles. The summed E-state index contributed by atoms with van der Waals surface area (Å²) >= 11 is 6.14. The minimum Gasteiger partial charge on any atom is -0.481 e. The van der Waals surface area contributed by atoms with Gasteiger partial charge in [-0.1, -0.05) is 18.5 Å². The fourth-order valence-electron chi connectivity index (χ4n) is 1.79. The molecule has 0 atom stereocenters. The summed E-state index contributed by atoms with van der Waals surface area (Å²) in [5.74, 6) is 0.163. The van der Waals surface area contributed by atoms with Gasteiger partial charge in [-0.2, -0.15) is 0 Å². The number of hydrogen-bond donors (Lipinski definition) is 1. The molecule has 0 bridgehead atoms. The van der Waals surface area contributed by atoms with Crippen molar-refractivity contribution >= 4 is 17.6 Å². The second kappa shape index (κ2) is 4.22. The number of aliphatic carboxylic acids is 1. The Morgan fingerprint density at radius 3 is 2.94 bits per heavy atom. The topological polar surface area (TPSA) is 55.8 Å². The van der Waals surface area contributed by atoms with E-state index in [0.29, 0.717) is 28.5 Å². The van der Waals surface area contributed by atoms with Crippen molar-refractivity contribution in [1.82, 2.24) is 0 Å². The smallest absolute Gasteiger partial charge is 0.307 e. The van der Waals surface area contributed by atoms with E-state index in [1.165, 1.54) is 0 Å². The number of ether oxygens (including phenoxy) is 2. The normalized spacial score (nSPS) is 12.9. The Kier molecular flexibility index (Phi) is 2.92. The quantitative estimate of drug-likeness (QED) is 0.883. The summed E-state index contributed by atoms with van der Waals surface area (Å²) < 4.78 is 10.4. The number of rotatable bonds is 3. The highest BCUT2D eigenvalue weighted by molar-refractivity contribution is 6.33. The highest BCUT2D eigenvalue weighted by Crippen LogP contribution is 2.43. The lowest BCUT2D eigenvalue weighted by Gasteiger charge is -2.10. The van der Waals surface area contributed by atoms with Gasteiger partial charge in [0, 0.05) is 0 Å². The molecule has 86 valence electrons. The summed E-state index contributed by atoms with van der Waals surface area (Å²) in [6, 6.07) is 1.70. The van der Waals surface area contributed by atoms with E-state index in [2.05, 4.69) is 0 Å². The van der Waals surface area contributed by atoms with Crippen molar-refractivity contribution in [2.45, 2.75) is 19.8 Å². The van der Waals surface area contributed by atoms with Crippen molar-refractivity contribution in [2.75, 3.05) is 6.79 Å². The molecule has 0 saturated heterocycles. The number of fused-ring (bicyclic) bond motifs is 1. The summed E-state index contributed by atoms with van der Waals surface area (Å²) in [6.45, 7) is 2.06. The van der Waals surface area contributed by atoms with Gasteiger partial charge >= 0.3 is 5.97 Å². The van der Waals surface area contributed by atoms with Gasteiger partial charge in [0.1, 0.15) is 0 Å². The summed E-state index contributed by atoms with van der Waals surface area (Å²) in [6.07, 6.45) is 0.609. The van der Waals surface area contributed by atoms with Crippen LogP contribution in [-0.4, -0.2) is 17.9 Å². The van der Waals surface area contributed by atoms with Crippen LogP contribution in [0.25, 0.3) is 0 Å². The highest BCUT2D eigenvalue weighted by Gasteiger charge is 2.23. The van der Waals surface area contributed by atoms with E-state index < -0.39 is 5.97 Å². The Bertz CT molecular complexity index is 442. The molecule has 2 rings (SSSR count). The minimum absolute atomic E-state index is 0.0560. The first-order chi connectivity index (χ1) is 7.63. The van der Waals surface area contributed by atoms with E-state index in [0.717, 1.165) is 5.56 Å². The van der Waals surface area contributed by atoms with E-state index in [4.69, 9.17) is 26.2 Å². The fourth-order valence-corrected chi connectivity index (χ4v) is 2.20. The number of halogens is 1. The highest BCUT2D eigenvalue weighted by atomic mass is 35.5. The molecular weight excluding hydrogens is 232 g/mol. The van der Waals surface area contributed by atoms with Gasteiger partial charge in [-0.25, -0.2) is 0 Å². The zero-order valence-corrected chi connectivity index (χ0v) is 9.50. The second-order valence-electron chi connectivity index (χ2n) is 3.49. The molecule has 0 fully saturated rings. The van der Waals surface area contributed by atoms with Gasteiger partial charge in [-0.15, -0.1) is 0 Å². The first kappa shape index (κ1) is 11.1. The SMILES string of the molecule is CCc1c(CC(=O)O)cc2c(c1Cl)OCO2. The molecule has 1 aromatic rings. The summed E-state index contributed by atoms with van der Waals surface area (Å²) in [7, 11) is 0. The molecule has 0 saturated carbocycles. The second-order valence-corrected chi connectivity index (χ2v) is 3.86. The third-order valence-corrected chi connectivity index (χ3v) is 2.89. The van der Waals surface area contributed by atoms with Crippen molar-refractivity contribution in [3.63, 3.8) is 0 Å². The van der Waals surface area contributed by atoms with Crippen LogP contribution in [0.5, 0.6) is 11.5 Å². The molecule has 0 unspecified atom stereocenters. The molecule has 0 aliphatic carbocycles. The maximum Gasteiger partial charge on any atom is 0.307 e. The predicted octanol–water partition coefficient (Wildman–Crippen LogP) is 2.26. The van der Waals surface area contributed by atoms with E-state index in [9.17, 15) is 4.79 Å². The van der Waals surface area contributed by atoms with Crippen LogP contribution in [-0.2, 0) is 17.6 Å². The first-order valence-electron chi connectivity index (χ1n) is 4.95. The van der Waals surface area contributed by atoms with Crippen molar-refractivity contribution < 1.29 is 19.4 Å². The van der Waals surface area contributed by atoms with E-state index in [-0.39, 0.29) is 13.2 Å². The first-order valence-corrected chi connectivity index (χ1v) is 5.33. The van der Waals surface area contributed by atoms with Crippen LogP contribution >= 0.6 is 11.6 Å². The number of carboxylic acid groups (broad SMARTS) is 1. The largest absolute Gasteiger partial charge is 0.481 e. The molecule has 0 spiro atoms. The lowest BCUT2D eigenvalue weighted by atomic mass is 10.0. The molecule has 1 N–H and O–H groups in total. The Morgan fingerprint density at radius 1 is 1.56 bits per heavy atom. The molecule has 1 aromatic carbocycles. The van der Waals surface area contributed by atoms with E-state index >= 15 is 0 Å². The Hall–Kier alpha value is -1.42. The van der Waals surface area contributed by atoms with Crippen molar-refractivity contribution in [1.29, 1.82) is 0 Å². The monoisotopic (exact) mass is 242 g/mol. The number of carbonyl (C=O) groups is 1. The third-order valence-electron chi connectivity index (χ3n) is 2.49. The van der Waals surface area contributed by atoms with Crippen molar-refractivity contribution in [3.8, 4) is 11.5 Å². The molecule has 1 aliphatic heterocycles. The van der Waals surface area contributed by atoms with Crippen molar-refractivity contribution in [3.05, 3.63) is 22.2 Å². The Morgan fingerprint density at radius 2 is 2.31 bits per heavy atom. The standard InChI is InChI=1S/C11H11ClO4/c1-2-7-6(4-9(13)14)3-8-11(10(7)12)16-5-15-8/h3H,2,4-5H2,1H3,(H,13,14).